The Labute approximate surface area is 172 Å². The first-order valence-electron chi connectivity index (χ1n) is 10.1. The number of hydrogen-bond donors (Lipinski definition) is 1. The van der Waals surface area contributed by atoms with Crippen LogP contribution in [0.4, 0.5) is 4.79 Å². The molecule has 158 valence electrons. The second-order valence-corrected chi connectivity index (χ2v) is 7.13. The van der Waals surface area contributed by atoms with Gasteiger partial charge in [-0.25, -0.2) is 4.79 Å². The van der Waals surface area contributed by atoms with E-state index in [1.165, 1.54) is 0 Å². The first-order chi connectivity index (χ1) is 13.9. The molecular weight excluding hydrogens is 372 g/mol. The molecule has 7 nitrogen and oxygen atoms in total. The molecule has 1 aliphatic heterocycles. The molecule has 0 atom stereocenters. The SMILES string of the molecule is CCOC(=O)Oc1ccc(C(=O)NCC2CCN(C(=O)/C=C(\C)CC)CC2)cc1. The van der Waals surface area contributed by atoms with E-state index in [0.717, 1.165) is 24.8 Å². The normalized spacial score (nSPS) is 15.0. The number of rotatable bonds is 7. The van der Waals surface area contributed by atoms with Gasteiger partial charge in [0.25, 0.3) is 5.91 Å². The van der Waals surface area contributed by atoms with Crippen LogP contribution in [0.25, 0.3) is 0 Å². The highest BCUT2D eigenvalue weighted by Gasteiger charge is 2.22. The van der Waals surface area contributed by atoms with E-state index in [2.05, 4.69) is 5.32 Å². The highest BCUT2D eigenvalue weighted by molar-refractivity contribution is 5.94. The van der Waals surface area contributed by atoms with Gasteiger partial charge in [0.15, 0.2) is 0 Å². The van der Waals surface area contributed by atoms with Crippen LogP contribution in [0.5, 0.6) is 5.75 Å². The molecule has 1 heterocycles. The van der Waals surface area contributed by atoms with Gasteiger partial charge < -0.3 is 19.7 Å². The molecule has 0 unspecified atom stereocenters. The van der Waals surface area contributed by atoms with E-state index in [1.807, 2.05) is 18.7 Å². The van der Waals surface area contributed by atoms with Crippen LogP contribution < -0.4 is 10.1 Å². The Bertz CT molecular complexity index is 734. The van der Waals surface area contributed by atoms with Crippen LogP contribution in [0, 0.1) is 5.92 Å². The minimum absolute atomic E-state index is 0.0805. The van der Waals surface area contributed by atoms with Gasteiger partial charge in [-0.2, -0.15) is 0 Å². The zero-order valence-corrected chi connectivity index (χ0v) is 17.4. The molecule has 1 saturated heterocycles. The van der Waals surface area contributed by atoms with Crippen molar-refractivity contribution in [3.63, 3.8) is 0 Å². The van der Waals surface area contributed by atoms with Crippen LogP contribution in [0.3, 0.4) is 0 Å². The zero-order valence-electron chi connectivity index (χ0n) is 17.4. The van der Waals surface area contributed by atoms with Gasteiger partial charge in [0.1, 0.15) is 5.75 Å². The summed E-state index contributed by atoms with van der Waals surface area (Å²) in [5, 5.41) is 2.95. The molecule has 0 radical (unpaired) electrons. The second kappa shape index (κ2) is 11.2. The maximum Gasteiger partial charge on any atom is 0.513 e. The van der Waals surface area contributed by atoms with Crippen molar-refractivity contribution in [3.05, 3.63) is 41.5 Å². The van der Waals surface area contributed by atoms with Crippen LogP contribution in [0.1, 0.15) is 50.4 Å². The number of piperidine rings is 1. The van der Waals surface area contributed by atoms with Gasteiger partial charge >= 0.3 is 6.16 Å². The zero-order chi connectivity index (χ0) is 21.2. The summed E-state index contributed by atoms with van der Waals surface area (Å²) in [6, 6.07) is 6.32. The lowest BCUT2D eigenvalue weighted by atomic mass is 9.96. The highest BCUT2D eigenvalue weighted by Crippen LogP contribution is 2.18. The molecule has 2 amide bonds. The van der Waals surface area contributed by atoms with Crippen molar-refractivity contribution in [2.24, 2.45) is 5.92 Å². The summed E-state index contributed by atoms with van der Waals surface area (Å²) in [5.41, 5.74) is 1.58. The molecule has 1 aromatic rings. The maximum absolute atomic E-state index is 12.3. The van der Waals surface area contributed by atoms with E-state index in [1.54, 1.807) is 37.3 Å². The summed E-state index contributed by atoms with van der Waals surface area (Å²) in [5.74, 6) is 0.583. The number of allylic oxidation sites excluding steroid dienone is 1. The molecule has 0 bridgehead atoms. The Balaban J connectivity index is 1.76. The lowest BCUT2D eigenvalue weighted by molar-refractivity contribution is -0.127. The number of carbonyl (C=O) groups excluding carboxylic acids is 3. The van der Waals surface area contributed by atoms with E-state index in [0.29, 0.717) is 36.9 Å². The summed E-state index contributed by atoms with van der Waals surface area (Å²) in [6.45, 7) is 7.94. The van der Waals surface area contributed by atoms with Crippen LogP contribution in [0.2, 0.25) is 0 Å². The van der Waals surface area contributed by atoms with E-state index in [4.69, 9.17) is 9.47 Å². The molecule has 0 aliphatic carbocycles. The van der Waals surface area contributed by atoms with Gasteiger partial charge in [0.2, 0.25) is 5.91 Å². The average Bonchev–Trinajstić information content (AvgIpc) is 2.73. The molecule has 1 aliphatic rings. The number of nitrogens with one attached hydrogen (secondary N) is 1. The average molecular weight is 402 g/mol. The third-order valence-electron chi connectivity index (χ3n) is 4.98. The monoisotopic (exact) mass is 402 g/mol. The molecule has 1 N–H and O–H groups in total. The molecular formula is C22H30N2O5. The Kier molecular flexibility index (Phi) is 8.70. The number of likely N-dealkylation sites (tertiary alicyclic amines) is 1. The van der Waals surface area contributed by atoms with E-state index >= 15 is 0 Å². The Hall–Kier alpha value is -2.83. The van der Waals surface area contributed by atoms with Gasteiger partial charge in [-0.15, -0.1) is 0 Å². The predicted molar refractivity (Wildman–Crippen MR) is 110 cm³/mol. The molecule has 2 rings (SSSR count). The first-order valence-corrected chi connectivity index (χ1v) is 10.1. The van der Waals surface area contributed by atoms with Gasteiger partial charge in [-0.3, -0.25) is 9.59 Å². The lowest BCUT2D eigenvalue weighted by Crippen LogP contribution is -2.41. The van der Waals surface area contributed by atoms with Crippen molar-refractivity contribution in [3.8, 4) is 5.75 Å². The Morgan fingerprint density at radius 2 is 1.79 bits per heavy atom. The van der Waals surface area contributed by atoms with E-state index in [-0.39, 0.29) is 18.4 Å². The van der Waals surface area contributed by atoms with Crippen LogP contribution in [0.15, 0.2) is 35.9 Å². The van der Waals surface area contributed by atoms with Crippen molar-refractivity contribution in [2.45, 2.75) is 40.0 Å². The molecule has 0 aromatic heterocycles. The smallest absolute Gasteiger partial charge is 0.434 e. The first kappa shape index (κ1) is 22.5. The topological polar surface area (TPSA) is 84.9 Å². The number of hydrogen-bond acceptors (Lipinski definition) is 5. The standard InChI is InChI=1S/C22H30N2O5/c1-4-16(3)14-20(25)24-12-10-17(11-13-24)15-23-21(26)18-6-8-19(9-7-18)29-22(27)28-5-2/h6-9,14,17H,4-5,10-13,15H2,1-3H3,(H,23,26)/b16-14+. The van der Waals surface area contributed by atoms with Crippen molar-refractivity contribution in [2.75, 3.05) is 26.2 Å². The highest BCUT2D eigenvalue weighted by atomic mass is 16.7. The number of amides is 2. The Morgan fingerprint density at radius 1 is 1.14 bits per heavy atom. The summed E-state index contributed by atoms with van der Waals surface area (Å²) in [4.78, 5) is 37.7. The molecule has 0 spiro atoms. The molecule has 1 aromatic carbocycles. The maximum atomic E-state index is 12.3. The summed E-state index contributed by atoms with van der Waals surface area (Å²) >= 11 is 0. The second-order valence-electron chi connectivity index (χ2n) is 7.13. The predicted octanol–water partition coefficient (Wildman–Crippen LogP) is 3.55. The lowest BCUT2D eigenvalue weighted by Gasteiger charge is -2.31. The third-order valence-corrected chi connectivity index (χ3v) is 4.98. The number of benzene rings is 1. The fourth-order valence-corrected chi connectivity index (χ4v) is 3.02. The molecule has 29 heavy (non-hydrogen) atoms. The van der Waals surface area contributed by atoms with Crippen LogP contribution >= 0.6 is 0 Å². The summed E-state index contributed by atoms with van der Waals surface area (Å²) in [7, 11) is 0. The summed E-state index contributed by atoms with van der Waals surface area (Å²) < 4.78 is 9.68. The third kappa shape index (κ3) is 7.25. The molecule has 7 heteroatoms. The largest absolute Gasteiger partial charge is 0.513 e. The van der Waals surface area contributed by atoms with Gasteiger partial charge in [0, 0.05) is 31.3 Å². The van der Waals surface area contributed by atoms with Crippen molar-refractivity contribution in [1.82, 2.24) is 10.2 Å². The van der Waals surface area contributed by atoms with Crippen molar-refractivity contribution in [1.29, 1.82) is 0 Å². The van der Waals surface area contributed by atoms with E-state index in [9.17, 15) is 14.4 Å². The fraction of sp³-hybridized carbons (Fsp3) is 0.500. The van der Waals surface area contributed by atoms with Gasteiger partial charge in [-0.05, 0) is 63.3 Å². The number of ether oxygens (including phenoxy) is 2. The minimum atomic E-state index is -0.769. The molecule has 0 saturated carbocycles. The van der Waals surface area contributed by atoms with E-state index < -0.39 is 6.16 Å². The van der Waals surface area contributed by atoms with Gasteiger partial charge in [-0.1, -0.05) is 12.5 Å². The number of carbonyl (C=O) groups is 3. The Morgan fingerprint density at radius 3 is 2.38 bits per heavy atom. The number of nitrogens with zero attached hydrogens (tertiary/aromatic N) is 1. The van der Waals surface area contributed by atoms with Gasteiger partial charge in [0.05, 0.1) is 6.61 Å². The van der Waals surface area contributed by atoms with Crippen molar-refractivity contribution < 1.29 is 23.9 Å². The fourth-order valence-electron chi connectivity index (χ4n) is 3.02. The van der Waals surface area contributed by atoms with Crippen LogP contribution in [-0.2, 0) is 9.53 Å². The summed E-state index contributed by atoms with van der Waals surface area (Å²) in [6.07, 6.45) is 3.57. The minimum Gasteiger partial charge on any atom is -0.434 e. The van der Waals surface area contributed by atoms with Crippen molar-refractivity contribution >= 4 is 18.0 Å². The molecule has 1 fully saturated rings. The van der Waals surface area contributed by atoms with Crippen LogP contribution in [-0.4, -0.2) is 49.1 Å². The quantitative estimate of drug-likeness (QED) is 0.428.